The summed E-state index contributed by atoms with van der Waals surface area (Å²) < 4.78 is 6.87. The summed E-state index contributed by atoms with van der Waals surface area (Å²) in [5.41, 5.74) is 1.44. The number of halogens is 1. The predicted molar refractivity (Wildman–Crippen MR) is 82.6 cm³/mol. The van der Waals surface area contributed by atoms with Gasteiger partial charge in [-0.3, -0.25) is 0 Å². The van der Waals surface area contributed by atoms with E-state index in [4.69, 9.17) is 4.74 Å². The molecule has 1 unspecified atom stereocenters. The van der Waals surface area contributed by atoms with Crippen molar-refractivity contribution < 1.29 is 4.74 Å². The molecule has 2 N–H and O–H groups in total. The summed E-state index contributed by atoms with van der Waals surface area (Å²) in [4.78, 5) is 0. The molecule has 0 spiro atoms. The molecule has 1 aliphatic rings. The molecule has 0 amide bonds. The molecule has 1 atom stereocenters. The van der Waals surface area contributed by atoms with Crippen LogP contribution >= 0.6 is 15.9 Å². The quantitative estimate of drug-likeness (QED) is 0.871. The maximum Gasteiger partial charge on any atom is 0.0824 e. The number of benzene rings is 1. The molecular formula is C15H23BrN2O. The van der Waals surface area contributed by atoms with Crippen LogP contribution in [0.5, 0.6) is 0 Å². The van der Waals surface area contributed by atoms with Crippen molar-refractivity contribution in [2.24, 2.45) is 0 Å². The Kier molecular flexibility index (Phi) is 5.39. The highest BCUT2D eigenvalue weighted by Gasteiger charge is 2.23. The first-order valence-corrected chi connectivity index (χ1v) is 7.67. The molecule has 1 heterocycles. The molecule has 1 aromatic rings. The topological polar surface area (TPSA) is 33.3 Å². The van der Waals surface area contributed by atoms with Crippen molar-refractivity contribution in [3.05, 3.63) is 34.3 Å². The van der Waals surface area contributed by atoms with Crippen LogP contribution in [0.2, 0.25) is 0 Å². The molecule has 0 aromatic heterocycles. The first kappa shape index (κ1) is 15.0. The third-order valence-corrected chi connectivity index (χ3v) is 4.24. The van der Waals surface area contributed by atoms with E-state index < -0.39 is 0 Å². The first-order chi connectivity index (χ1) is 9.09. The Bertz CT molecular complexity index is 403. The number of hydrogen-bond acceptors (Lipinski definition) is 3. The fraction of sp³-hybridized carbons (Fsp3) is 0.600. The third kappa shape index (κ3) is 4.28. The largest absolute Gasteiger partial charge is 0.374 e. The molecule has 3 nitrogen and oxygen atoms in total. The lowest BCUT2D eigenvalue weighted by Gasteiger charge is -2.29. The summed E-state index contributed by atoms with van der Waals surface area (Å²) in [7, 11) is 0. The van der Waals surface area contributed by atoms with Crippen LogP contribution in [0.15, 0.2) is 28.7 Å². The minimum atomic E-state index is 0.0994. The van der Waals surface area contributed by atoms with Crippen molar-refractivity contribution in [3.8, 4) is 0 Å². The number of nitrogens with one attached hydrogen (secondary N) is 2. The van der Waals surface area contributed by atoms with E-state index in [0.29, 0.717) is 6.10 Å². The smallest absolute Gasteiger partial charge is 0.0824 e. The Hall–Kier alpha value is -0.420. The average Bonchev–Trinajstić information content (AvgIpc) is 2.40. The molecule has 0 aliphatic carbocycles. The lowest BCUT2D eigenvalue weighted by atomic mass is 9.84. The molecule has 1 saturated heterocycles. The van der Waals surface area contributed by atoms with Gasteiger partial charge in [0, 0.05) is 36.1 Å². The normalized spacial score (nSPS) is 20.5. The van der Waals surface area contributed by atoms with Gasteiger partial charge in [0.15, 0.2) is 0 Å². The van der Waals surface area contributed by atoms with Crippen LogP contribution in [0, 0.1) is 0 Å². The van der Waals surface area contributed by atoms with Gasteiger partial charge < -0.3 is 15.4 Å². The average molecular weight is 327 g/mol. The second-order valence-electron chi connectivity index (χ2n) is 5.69. The highest BCUT2D eigenvalue weighted by atomic mass is 79.9. The maximum absolute atomic E-state index is 5.69. The molecule has 2 rings (SSSR count). The summed E-state index contributed by atoms with van der Waals surface area (Å²) >= 11 is 3.64. The Morgan fingerprint density at radius 2 is 2.21 bits per heavy atom. The van der Waals surface area contributed by atoms with Crippen LogP contribution in [-0.2, 0) is 10.2 Å². The molecule has 19 heavy (non-hydrogen) atoms. The van der Waals surface area contributed by atoms with Gasteiger partial charge in [-0.05, 0) is 11.6 Å². The Morgan fingerprint density at radius 1 is 1.42 bits per heavy atom. The Morgan fingerprint density at radius 3 is 2.89 bits per heavy atom. The van der Waals surface area contributed by atoms with Crippen LogP contribution < -0.4 is 10.6 Å². The van der Waals surface area contributed by atoms with E-state index in [0.717, 1.165) is 32.8 Å². The monoisotopic (exact) mass is 326 g/mol. The Balaban J connectivity index is 1.85. The van der Waals surface area contributed by atoms with Gasteiger partial charge in [-0.15, -0.1) is 0 Å². The van der Waals surface area contributed by atoms with Gasteiger partial charge in [-0.25, -0.2) is 0 Å². The minimum absolute atomic E-state index is 0.0994. The summed E-state index contributed by atoms with van der Waals surface area (Å²) in [6, 6.07) is 8.43. The molecule has 0 saturated carbocycles. The van der Waals surface area contributed by atoms with Crippen LogP contribution in [0.3, 0.4) is 0 Å². The Labute approximate surface area is 124 Å². The molecule has 1 fully saturated rings. The molecule has 0 radical (unpaired) electrons. The summed E-state index contributed by atoms with van der Waals surface area (Å²) in [5, 5.41) is 6.89. The van der Waals surface area contributed by atoms with Crippen molar-refractivity contribution in [3.63, 3.8) is 0 Å². The number of hydrogen-bond donors (Lipinski definition) is 2. The second kappa shape index (κ2) is 6.84. The lowest BCUT2D eigenvalue weighted by Crippen LogP contribution is -2.46. The third-order valence-electron chi connectivity index (χ3n) is 3.55. The molecule has 0 bridgehead atoms. The van der Waals surface area contributed by atoms with Crippen molar-refractivity contribution >= 4 is 15.9 Å². The summed E-state index contributed by atoms with van der Waals surface area (Å²) in [6.45, 7) is 9.11. The number of rotatable bonds is 5. The van der Waals surface area contributed by atoms with Gasteiger partial charge in [0.25, 0.3) is 0 Å². The summed E-state index contributed by atoms with van der Waals surface area (Å²) in [5.74, 6) is 0. The van der Waals surface area contributed by atoms with E-state index >= 15 is 0 Å². The van der Waals surface area contributed by atoms with Crippen molar-refractivity contribution in [1.82, 2.24) is 10.6 Å². The van der Waals surface area contributed by atoms with Crippen LogP contribution in [0.4, 0.5) is 0 Å². The zero-order valence-electron chi connectivity index (χ0n) is 11.7. The van der Waals surface area contributed by atoms with Crippen molar-refractivity contribution in [2.75, 3.05) is 32.8 Å². The maximum atomic E-state index is 5.69. The van der Waals surface area contributed by atoms with Gasteiger partial charge >= 0.3 is 0 Å². The molecule has 1 aliphatic heterocycles. The predicted octanol–water partition coefficient (Wildman–Crippen LogP) is 2.30. The SMILES string of the molecule is CC(C)(CNCC1CNCCO1)c1ccccc1Br. The van der Waals surface area contributed by atoms with Crippen molar-refractivity contribution in [2.45, 2.75) is 25.4 Å². The fourth-order valence-electron chi connectivity index (χ4n) is 2.40. The van der Waals surface area contributed by atoms with E-state index in [1.807, 2.05) is 0 Å². The summed E-state index contributed by atoms with van der Waals surface area (Å²) in [6.07, 6.45) is 0.295. The molecular weight excluding hydrogens is 304 g/mol. The van der Waals surface area contributed by atoms with Gasteiger partial charge in [0.2, 0.25) is 0 Å². The van der Waals surface area contributed by atoms with E-state index in [2.05, 4.69) is 64.7 Å². The van der Waals surface area contributed by atoms with E-state index in [1.165, 1.54) is 10.0 Å². The van der Waals surface area contributed by atoms with Gasteiger partial charge in [-0.1, -0.05) is 48.0 Å². The fourth-order valence-corrected chi connectivity index (χ4v) is 3.22. The van der Waals surface area contributed by atoms with Crippen LogP contribution in [0.25, 0.3) is 0 Å². The van der Waals surface area contributed by atoms with Crippen LogP contribution in [-0.4, -0.2) is 38.9 Å². The van der Waals surface area contributed by atoms with Crippen molar-refractivity contribution in [1.29, 1.82) is 0 Å². The molecule has 106 valence electrons. The van der Waals surface area contributed by atoms with E-state index in [9.17, 15) is 0 Å². The second-order valence-corrected chi connectivity index (χ2v) is 6.55. The van der Waals surface area contributed by atoms with Gasteiger partial charge in [0.05, 0.1) is 12.7 Å². The van der Waals surface area contributed by atoms with Gasteiger partial charge in [-0.2, -0.15) is 0 Å². The molecule has 4 heteroatoms. The minimum Gasteiger partial charge on any atom is -0.374 e. The number of morpholine rings is 1. The van der Waals surface area contributed by atoms with Crippen LogP contribution in [0.1, 0.15) is 19.4 Å². The highest BCUT2D eigenvalue weighted by molar-refractivity contribution is 9.10. The zero-order valence-corrected chi connectivity index (χ0v) is 13.3. The lowest BCUT2D eigenvalue weighted by molar-refractivity contribution is 0.0287. The number of ether oxygens (including phenoxy) is 1. The van der Waals surface area contributed by atoms with E-state index in [1.54, 1.807) is 0 Å². The zero-order chi connectivity index (χ0) is 13.7. The molecule has 1 aromatic carbocycles. The van der Waals surface area contributed by atoms with Gasteiger partial charge in [0.1, 0.15) is 0 Å². The highest BCUT2D eigenvalue weighted by Crippen LogP contribution is 2.29. The van der Waals surface area contributed by atoms with E-state index in [-0.39, 0.29) is 5.41 Å². The standard InChI is InChI=1S/C15H23BrN2O/c1-15(2,13-5-3-4-6-14(13)16)11-18-10-12-9-17-7-8-19-12/h3-6,12,17-18H,7-11H2,1-2H3. The first-order valence-electron chi connectivity index (χ1n) is 6.87.